The minimum atomic E-state index is -0.222. The smallest absolute Gasteiger partial charge is 0.306 e. The van der Waals surface area contributed by atoms with E-state index in [1.54, 1.807) is 0 Å². The van der Waals surface area contributed by atoms with Crippen LogP contribution in [0.5, 0.6) is 17.2 Å². The van der Waals surface area contributed by atoms with Crippen LogP contribution in [0.15, 0.2) is 48.5 Å². The summed E-state index contributed by atoms with van der Waals surface area (Å²) < 4.78 is 23.0. The lowest BCUT2D eigenvalue weighted by Crippen LogP contribution is -2.12. The van der Waals surface area contributed by atoms with Crippen molar-refractivity contribution in [3.63, 3.8) is 0 Å². The second kappa shape index (κ2) is 8.33. The minimum Gasteiger partial charge on any atom is -0.492 e. The molecule has 0 bridgehead atoms. The molecule has 1 atom stereocenters. The van der Waals surface area contributed by atoms with Crippen LogP contribution in [0, 0.1) is 13.8 Å². The average molecular weight is 471 g/mol. The Hall–Kier alpha value is -3.47. The van der Waals surface area contributed by atoms with E-state index < -0.39 is 0 Å². The first-order valence-electron chi connectivity index (χ1n) is 12.3. The Morgan fingerprint density at radius 2 is 1.94 bits per heavy atom. The standard InChI is InChI=1S/C30H30O5/c1-18-11-27-25(15-30(35-27)9-10-30)19(2)29(18)21-6-4-5-20(12-21)16-33-23-7-8-24-22(13-28(31)32-3)17-34-26(24)14-23/h4-8,11-12,14,22H,9-10,13,15-17H2,1-3H3/t22-/m1/s1. The molecule has 1 fully saturated rings. The number of benzene rings is 3. The third kappa shape index (κ3) is 4.03. The zero-order chi connectivity index (χ0) is 24.2. The van der Waals surface area contributed by atoms with Crippen LogP contribution in [-0.4, -0.2) is 25.3 Å². The predicted octanol–water partition coefficient (Wildman–Crippen LogP) is 6.06. The van der Waals surface area contributed by atoms with Crippen molar-refractivity contribution in [2.75, 3.05) is 13.7 Å². The molecule has 1 spiro atoms. The molecule has 1 aliphatic carbocycles. The van der Waals surface area contributed by atoms with E-state index in [4.69, 9.17) is 18.9 Å². The maximum absolute atomic E-state index is 11.7. The van der Waals surface area contributed by atoms with Crippen molar-refractivity contribution in [2.45, 2.75) is 57.7 Å². The van der Waals surface area contributed by atoms with Crippen molar-refractivity contribution in [1.82, 2.24) is 0 Å². The summed E-state index contributed by atoms with van der Waals surface area (Å²) >= 11 is 0. The normalized spacial score (nSPS) is 18.4. The van der Waals surface area contributed by atoms with Gasteiger partial charge in [0.2, 0.25) is 0 Å². The Morgan fingerprint density at radius 1 is 1.09 bits per heavy atom. The molecule has 180 valence electrons. The van der Waals surface area contributed by atoms with E-state index in [-0.39, 0.29) is 17.5 Å². The SMILES string of the molecule is COC(=O)C[C@@H]1COc2cc(OCc3cccc(-c4c(C)cc5c(c4C)CC4(CC4)O5)c3)ccc21. The molecule has 0 N–H and O–H groups in total. The van der Waals surface area contributed by atoms with E-state index in [1.807, 2.05) is 18.2 Å². The van der Waals surface area contributed by atoms with Crippen LogP contribution in [0.3, 0.4) is 0 Å². The third-order valence-electron chi connectivity index (χ3n) is 7.63. The van der Waals surface area contributed by atoms with Crippen LogP contribution in [0.4, 0.5) is 0 Å². The van der Waals surface area contributed by atoms with Crippen molar-refractivity contribution in [1.29, 1.82) is 0 Å². The zero-order valence-corrected chi connectivity index (χ0v) is 20.5. The molecule has 3 aliphatic rings. The highest BCUT2D eigenvalue weighted by Gasteiger charge is 2.50. The molecule has 0 unspecified atom stereocenters. The zero-order valence-electron chi connectivity index (χ0n) is 20.5. The lowest BCUT2D eigenvalue weighted by atomic mass is 9.90. The number of methoxy groups -OCH3 is 1. The number of rotatable bonds is 6. The monoisotopic (exact) mass is 470 g/mol. The van der Waals surface area contributed by atoms with Crippen molar-refractivity contribution < 1.29 is 23.7 Å². The molecule has 0 aromatic heterocycles. The fourth-order valence-electron chi connectivity index (χ4n) is 5.54. The second-order valence-electron chi connectivity index (χ2n) is 10.1. The van der Waals surface area contributed by atoms with Crippen LogP contribution < -0.4 is 14.2 Å². The Morgan fingerprint density at radius 3 is 2.74 bits per heavy atom. The lowest BCUT2D eigenvalue weighted by molar-refractivity contribution is -0.141. The number of carbonyl (C=O) groups is 1. The molecular weight excluding hydrogens is 440 g/mol. The Labute approximate surface area is 206 Å². The van der Waals surface area contributed by atoms with Gasteiger partial charge in [0.15, 0.2) is 0 Å². The fourth-order valence-corrected chi connectivity index (χ4v) is 5.54. The van der Waals surface area contributed by atoms with Gasteiger partial charge in [0.1, 0.15) is 29.5 Å². The minimum absolute atomic E-state index is 0.0298. The number of aryl methyl sites for hydroxylation is 1. The maximum Gasteiger partial charge on any atom is 0.306 e. The van der Waals surface area contributed by atoms with Crippen molar-refractivity contribution in [3.8, 4) is 28.4 Å². The first-order chi connectivity index (χ1) is 16.9. The summed E-state index contributed by atoms with van der Waals surface area (Å²) in [5.74, 6) is 2.42. The van der Waals surface area contributed by atoms with Gasteiger partial charge >= 0.3 is 5.97 Å². The summed E-state index contributed by atoms with van der Waals surface area (Å²) in [6.45, 7) is 5.35. The molecule has 3 aromatic rings. The van der Waals surface area contributed by atoms with Gasteiger partial charge < -0.3 is 18.9 Å². The highest BCUT2D eigenvalue weighted by molar-refractivity contribution is 5.75. The van der Waals surface area contributed by atoms with E-state index in [2.05, 4.69) is 44.2 Å². The second-order valence-corrected chi connectivity index (χ2v) is 10.1. The number of ether oxygens (including phenoxy) is 4. The van der Waals surface area contributed by atoms with E-state index in [1.165, 1.54) is 47.8 Å². The van der Waals surface area contributed by atoms with Crippen molar-refractivity contribution >= 4 is 5.97 Å². The molecule has 5 nitrogen and oxygen atoms in total. The largest absolute Gasteiger partial charge is 0.492 e. The van der Waals surface area contributed by atoms with E-state index in [9.17, 15) is 4.79 Å². The molecule has 2 aliphatic heterocycles. The van der Waals surface area contributed by atoms with Crippen LogP contribution >= 0.6 is 0 Å². The Bertz CT molecular complexity index is 1320. The highest BCUT2D eigenvalue weighted by atomic mass is 16.5. The average Bonchev–Trinajstić information content (AvgIpc) is 3.33. The summed E-state index contributed by atoms with van der Waals surface area (Å²) in [4.78, 5) is 11.7. The Balaban J connectivity index is 1.19. The van der Waals surface area contributed by atoms with Gasteiger partial charge in [-0.15, -0.1) is 0 Å². The summed E-state index contributed by atoms with van der Waals surface area (Å²) in [7, 11) is 1.41. The predicted molar refractivity (Wildman–Crippen MR) is 133 cm³/mol. The number of hydrogen-bond acceptors (Lipinski definition) is 5. The third-order valence-corrected chi connectivity index (χ3v) is 7.63. The van der Waals surface area contributed by atoms with Crippen LogP contribution in [0.25, 0.3) is 11.1 Å². The van der Waals surface area contributed by atoms with Gasteiger partial charge in [-0.3, -0.25) is 4.79 Å². The maximum atomic E-state index is 11.7. The van der Waals surface area contributed by atoms with E-state index in [0.29, 0.717) is 19.6 Å². The molecule has 0 saturated heterocycles. The van der Waals surface area contributed by atoms with E-state index in [0.717, 1.165) is 34.8 Å². The molecule has 5 heteroatoms. The molecule has 2 heterocycles. The van der Waals surface area contributed by atoms with Gasteiger partial charge in [-0.2, -0.15) is 0 Å². The Kier molecular flexibility index (Phi) is 5.24. The molecule has 3 aromatic carbocycles. The molecule has 1 saturated carbocycles. The molecule has 35 heavy (non-hydrogen) atoms. The number of carbonyl (C=O) groups excluding carboxylic acids is 1. The van der Waals surface area contributed by atoms with Crippen LogP contribution in [0.2, 0.25) is 0 Å². The molecule has 0 amide bonds. The van der Waals surface area contributed by atoms with Crippen LogP contribution in [0.1, 0.15) is 53.0 Å². The summed E-state index contributed by atoms with van der Waals surface area (Å²) in [5.41, 5.74) is 8.69. The first kappa shape index (κ1) is 22.0. The van der Waals surface area contributed by atoms with Crippen molar-refractivity contribution in [2.24, 2.45) is 0 Å². The summed E-state index contributed by atoms with van der Waals surface area (Å²) in [6, 6.07) is 16.7. The lowest BCUT2D eigenvalue weighted by Gasteiger charge is -2.15. The number of hydrogen-bond donors (Lipinski definition) is 0. The summed E-state index contributed by atoms with van der Waals surface area (Å²) in [6.07, 6.45) is 3.69. The van der Waals surface area contributed by atoms with Gasteiger partial charge in [-0.25, -0.2) is 0 Å². The fraction of sp³-hybridized carbons (Fsp3) is 0.367. The van der Waals surface area contributed by atoms with E-state index >= 15 is 0 Å². The van der Waals surface area contributed by atoms with Gasteiger partial charge in [0, 0.05) is 29.5 Å². The first-order valence-corrected chi connectivity index (χ1v) is 12.3. The van der Waals surface area contributed by atoms with Gasteiger partial charge in [-0.1, -0.05) is 24.3 Å². The van der Waals surface area contributed by atoms with Gasteiger partial charge in [0.25, 0.3) is 0 Å². The molecule has 6 rings (SSSR count). The quantitative estimate of drug-likeness (QED) is 0.410. The summed E-state index contributed by atoms with van der Waals surface area (Å²) in [5, 5.41) is 0. The molecule has 0 radical (unpaired) electrons. The number of esters is 1. The molecular formula is C30H30O5. The topological polar surface area (TPSA) is 54.0 Å². The van der Waals surface area contributed by atoms with Crippen molar-refractivity contribution in [3.05, 3.63) is 76.3 Å². The number of fused-ring (bicyclic) bond motifs is 2. The highest BCUT2D eigenvalue weighted by Crippen LogP contribution is 2.52. The van der Waals surface area contributed by atoms with Crippen LogP contribution in [-0.2, 0) is 22.6 Å². The van der Waals surface area contributed by atoms with Gasteiger partial charge in [0.05, 0.1) is 20.1 Å². The van der Waals surface area contributed by atoms with Gasteiger partial charge in [-0.05, 0) is 72.7 Å².